The van der Waals surface area contributed by atoms with Crippen LogP contribution in [-0.4, -0.2) is 39.9 Å². The van der Waals surface area contributed by atoms with Gasteiger partial charge in [0.2, 0.25) is 0 Å². The van der Waals surface area contributed by atoms with Crippen LogP contribution in [0.2, 0.25) is 5.02 Å². The summed E-state index contributed by atoms with van der Waals surface area (Å²) in [7, 11) is 1.98. The van der Waals surface area contributed by atoms with Gasteiger partial charge in [-0.1, -0.05) is 24.9 Å². The van der Waals surface area contributed by atoms with Crippen LogP contribution in [-0.2, 0) is 13.6 Å². The molecule has 1 fully saturated rings. The van der Waals surface area contributed by atoms with E-state index in [1.807, 2.05) is 18.7 Å². The monoisotopic (exact) mass is 284 g/mol. The Labute approximate surface area is 121 Å². The van der Waals surface area contributed by atoms with E-state index >= 15 is 0 Å². The van der Waals surface area contributed by atoms with Crippen LogP contribution in [0.1, 0.15) is 38.1 Å². The van der Waals surface area contributed by atoms with Crippen molar-refractivity contribution in [1.29, 1.82) is 0 Å². The van der Waals surface area contributed by atoms with Crippen molar-refractivity contribution in [2.45, 2.75) is 52.2 Å². The van der Waals surface area contributed by atoms with Gasteiger partial charge in [-0.15, -0.1) is 0 Å². The SMILES string of the molecule is CCCC1CN(Cc2c(Cl)c(C)nn2C)C(C)CN1. The maximum atomic E-state index is 6.35. The van der Waals surface area contributed by atoms with Crippen molar-refractivity contribution in [3.05, 3.63) is 16.4 Å². The van der Waals surface area contributed by atoms with Crippen molar-refractivity contribution in [2.24, 2.45) is 7.05 Å². The molecule has 1 aromatic rings. The van der Waals surface area contributed by atoms with Gasteiger partial charge in [-0.05, 0) is 20.3 Å². The second-order valence-electron chi connectivity index (χ2n) is 5.64. The number of hydrogen-bond acceptors (Lipinski definition) is 3. The molecule has 0 saturated carbocycles. The van der Waals surface area contributed by atoms with Crippen LogP contribution in [0.25, 0.3) is 0 Å². The summed E-state index contributed by atoms with van der Waals surface area (Å²) in [5, 5.41) is 8.84. The van der Waals surface area contributed by atoms with E-state index in [1.165, 1.54) is 12.8 Å². The molecule has 2 heterocycles. The van der Waals surface area contributed by atoms with Crippen molar-refractivity contribution >= 4 is 11.6 Å². The molecule has 0 amide bonds. The standard InChI is InChI=1S/C14H25ClN4/c1-5-6-12-8-19(10(2)7-16-12)9-13-14(15)11(3)17-18(13)4/h10,12,16H,5-9H2,1-4H3. The first kappa shape index (κ1) is 14.8. The topological polar surface area (TPSA) is 33.1 Å². The molecular weight excluding hydrogens is 260 g/mol. The smallest absolute Gasteiger partial charge is 0.0860 e. The average molecular weight is 285 g/mol. The molecule has 0 spiro atoms. The van der Waals surface area contributed by atoms with Crippen LogP contribution < -0.4 is 5.32 Å². The molecule has 1 aliphatic rings. The van der Waals surface area contributed by atoms with Crippen LogP contribution in [0, 0.1) is 6.92 Å². The predicted molar refractivity (Wildman–Crippen MR) is 79.5 cm³/mol. The number of rotatable bonds is 4. The molecule has 0 aromatic carbocycles. The van der Waals surface area contributed by atoms with Crippen molar-refractivity contribution in [1.82, 2.24) is 20.0 Å². The van der Waals surface area contributed by atoms with E-state index in [2.05, 4.69) is 29.2 Å². The van der Waals surface area contributed by atoms with Gasteiger partial charge in [0.25, 0.3) is 0 Å². The normalized spacial score (nSPS) is 24.9. The second kappa shape index (κ2) is 6.25. The predicted octanol–water partition coefficient (Wildman–Crippen LogP) is 2.34. The first-order valence-electron chi connectivity index (χ1n) is 7.18. The zero-order valence-electron chi connectivity index (χ0n) is 12.4. The number of hydrogen-bond donors (Lipinski definition) is 1. The van der Waals surface area contributed by atoms with Gasteiger partial charge >= 0.3 is 0 Å². The lowest BCUT2D eigenvalue weighted by atomic mass is 10.1. The van der Waals surface area contributed by atoms with Crippen molar-refractivity contribution in [3.63, 3.8) is 0 Å². The van der Waals surface area contributed by atoms with Gasteiger partial charge in [-0.2, -0.15) is 5.10 Å². The Bertz CT molecular complexity index is 429. The molecule has 108 valence electrons. The van der Waals surface area contributed by atoms with Gasteiger partial charge in [0, 0.05) is 38.8 Å². The third-order valence-corrected chi connectivity index (χ3v) is 4.52. The van der Waals surface area contributed by atoms with Gasteiger partial charge in [-0.25, -0.2) is 0 Å². The molecule has 0 radical (unpaired) electrons. The van der Waals surface area contributed by atoms with E-state index in [9.17, 15) is 0 Å². The van der Waals surface area contributed by atoms with Crippen LogP contribution >= 0.6 is 11.6 Å². The molecular formula is C14H25ClN4. The van der Waals surface area contributed by atoms with Gasteiger partial charge in [0.05, 0.1) is 16.4 Å². The summed E-state index contributed by atoms with van der Waals surface area (Å²) in [6.45, 7) is 9.51. The van der Waals surface area contributed by atoms with Gasteiger partial charge in [-0.3, -0.25) is 9.58 Å². The van der Waals surface area contributed by atoms with Gasteiger partial charge in [0.1, 0.15) is 0 Å². The Morgan fingerprint density at radius 1 is 1.47 bits per heavy atom. The lowest BCUT2D eigenvalue weighted by molar-refractivity contribution is 0.126. The summed E-state index contributed by atoms with van der Waals surface area (Å²) < 4.78 is 1.92. The molecule has 2 rings (SSSR count). The summed E-state index contributed by atoms with van der Waals surface area (Å²) in [6.07, 6.45) is 2.47. The molecule has 1 saturated heterocycles. The molecule has 5 heteroatoms. The minimum absolute atomic E-state index is 0.541. The van der Waals surface area contributed by atoms with E-state index < -0.39 is 0 Å². The van der Waals surface area contributed by atoms with E-state index in [0.717, 1.165) is 36.0 Å². The summed E-state index contributed by atoms with van der Waals surface area (Å²) in [6, 6.07) is 1.15. The zero-order valence-corrected chi connectivity index (χ0v) is 13.2. The highest BCUT2D eigenvalue weighted by Crippen LogP contribution is 2.23. The van der Waals surface area contributed by atoms with E-state index in [1.54, 1.807) is 0 Å². The Balaban J connectivity index is 2.07. The number of piperazine rings is 1. The Kier molecular flexibility index (Phi) is 4.87. The summed E-state index contributed by atoms with van der Waals surface area (Å²) in [5.41, 5.74) is 2.05. The summed E-state index contributed by atoms with van der Waals surface area (Å²) >= 11 is 6.35. The maximum absolute atomic E-state index is 6.35. The first-order valence-corrected chi connectivity index (χ1v) is 7.56. The van der Waals surface area contributed by atoms with Gasteiger partial charge in [0.15, 0.2) is 0 Å². The highest BCUT2D eigenvalue weighted by atomic mass is 35.5. The van der Waals surface area contributed by atoms with Gasteiger partial charge < -0.3 is 5.32 Å². The molecule has 4 nitrogen and oxygen atoms in total. The van der Waals surface area contributed by atoms with E-state index in [0.29, 0.717) is 12.1 Å². The number of nitrogens with zero attached hydrogens (tertiary/aromatic N) is 3. The lowest BCUT2D eigenvalue weighted by Gasteiger charge is -2.38. The Hall–Kier alpha value is -0.580. The van der Waals surface area contributed by atoms with Crippen LogP contribution in [0.4, 0.5) is 0 Å². The Morgan fingerprint density at radius 3 is 2.79 bits per heavy atom. The average Bonchev–Trinajstić information content (AvgIpc) is 2.60. The number of nitrogens with one attached hydrogen (secondary N) is 1. The third kappa shape index (κ3) is 3.30. The fourth-order valence-electron chi connectivity index (χ4n) is 2.80. The van der Waals surface area contributed by atoms with E-state index in [-0.39, 0.29) is 0 Å². The maximum Gasteiger partial charge on any atom is 0.0860 e. The first-order chi connectivity index (χ1) is 9.02. The molecule has 0 bridgehead atoms. The quantitative estimate of drug-likeness (QED) is 0.921. The number of aryl methyl sites for hydroxylation is 2. The molecule has 1 aliphatic heterocycles. The number of halogens is 1. The molecule has 1 aromatic heterocycles. The summed E-state index contributed by atoms with van der Waals surface area (Å²) in [5.74, 6) is 0. The van der Waals surface area contributed by atoms with Crippen molar-refractivity contribution < 1.29 is 0 Å². The second-order valence-corrected chi connectivity index (χ2v) is 6.02. The summed E-state index contributed by atoms with van der Waals surface area (Å²) in [4.78, 5) is 2.51. The fourth-order valence-corrected chi connectivity index (χ4v) is 3.02. The zero-order chi connectivity index (χ0) is 14.0. The highest BCUT2D eigenvalue weighted by Gasteiger charge is 2.26. The largest absolute Gasteiger partial charge is 0.311 e. The minimum Gasteiger partial charge on any atom is -0.311 e. The molecule has 2 atom stereocenters. The van der Waals surface area contributed by atoms with Crippen LogP contribution in [0.5, 0.6) is 0 Å². The molecule has 2 unspecified atom stereocenters. The Morgan fingerprint density at radius 2 is 2.21 bits per heavy atom. The fraction of sp³-hybridized carbons (Fsp3) is 0.786. The van der Waals surface area contributed by atoms with Crippen LogP contribution in [0.15, 0.2) is 0 Å². The molecule has 1 N–H and O–H groups in total. The highest BCUT2D eigenvalue weighted by molar-refractivity contribution is 6.31. The minimum atomic E-state index is 0.541. The van der Waals surface area contributed by atoms with Crippen molar-refractivity contribution in [2.75, 3.05) is 13.1 Å². The molecule has 19 heavy (non-hydrogen) atoms. The number of aromatic nitrogens is 2. The van der Waals surface area contributed by atoms with E-state index in [4.69, 9.17) is 11.6 Å². The lowest BCUT2D eigenvalue weighted by Crippen LogP contribution is -2.54. The van der Waals surface area contributed by atoms with Crippen molar-refractivity contribution in [3.8, 4) is 0 Å². The van der Waals surface area contributed by atoms with Crippen LogP contribution in [0.3, 0.4) is 0 Å². The third-order valence-electron chi connectivity index (χ3n) is 4.03. The molecule has 0 aliphatic carbocycles.